The van der Waals surface area contributed by atoms with Gasteiger partial charge in [-0.2, -0.15) is 10.2 Å². The number of H-pyrrole nitrogens is 1. The number of rotatable bonds is 12. The Morgan fingerprint density at radius 2 is 1.62 bits per heavy atom. The number of benzene rings is 3. The molecule has 3 aromatic carbocycles. The fourth-order valence-electron chi connectivity index (χ4n) is 5.79. The number of amides is 4. The minimum Gasteiger partial charge on any atom is -0.508 e. The molecule has 0 atom stereocenters. The Morgan fingerprint density at radius 3 is 2.32 bits per heavy atom. The van der Waals surface area contributed by atoms with Crippen molar-refractivity contribution in [3.8, 4) is 22.9 Å². The number of aromatic hydroxyl groups is 1. The molecular weight excluding hydrogens is 772 g/mol. The van der Waals surface area contributed by atoms with Gasteiger partial charge in [-0.3, -0.25) is 25.6 Å². The summed E-state index contributed by atoms with van der Waals surface area (Å²) in [5.41, 5.74) is 4.14. The van der Waals surface area contributed by atoms with Crippen LogP contribution in [-0.4, -0.2) is 86.5 Å². The number of ether oxygens (including phenoxy) is 3. The second-order valence-electron chi connectivity index (χ2n) is 14.8. The van der Waals surface area contributed by atoms with Crippen molar-refractivity contribution in [2.75, 3.05) is 60.7 Å². The Hall–Kier alpha value is -6.82. The minimum atomic E-state index is -0.720. The van der Waals surface area contributed by atoms with Crippen molar-refractivity contribution in [1.29, 1.82) is 0 Å². The van der Waals surface area contributed by atoms with Crippen LogP contribution in [-0.2, 0) is 21.5 Å². The number of hydrogen-bond acceptors (Lipinski definition) is 10. The molecule has 6 N–H and O–H groups in total. The molecule has 4 heterocycles. The van der Waals surface area contributed by atoms with Gasteiger partial charge in [0.1, 0.15) is 28.9 Å². The molecule has 17 heteroatoms. The van der Waals surface area contributed by atoms with Crippen LogP contribution in [0, 0.1) is 12.7 Å². The van der Waals surface area contributed by atoms with E-state index in [4.69, 9.17) is 19.3 Å². The average molecular weight is 821 g/mol. The molecule has 0 unspecified atom stereocenters. The monoisotopic (exact) mass is 820 g/mol. The van der Waals surface area contributed by atoms with Crippen molar-refractivity contribution >= 4 is 35.1 Å². The first-order chi connectivity index (χ1) is 28.9. The Kier molecular flexibility index (Phi) is 14.4. The number of nitrogens with one attached hydrogen (secondary N) is 5. The predicted molar refractivity (Wildman–Crippen MR) is 227 cm³/mol. The number of aromatic nitrogens is 5. The number of urea groups is 2. The van der Waals surface area contributed by atoms with E-state index in [1.807, 2.05) is 58.0 Å². The molecule has 0 saturated carbocycles. The molecule has 4 amide bonds. The van der Waals surface area contributed by atoms with Crippen LogP contribution in [0.15, 0.2) is 103 Å². The van der Waals surface area contributed by atoms with Gasteiger partial charge in [0.25, 0.3) is 0 Å². The smallest absolute Gasteiger partial charge is 0.324 e. The van der Waals surface area contributed by atoms with Gasteiger partial charge in [0.15, 0.2) is 5.82 Å². The van der Waals surface area contributed by atoms with E-state index >= 15 is 0 Å². The van der Waals surface area contributed by atoms with E-state index in [0.717, 1.165) is 61.6 Å². The van der Waals surface area contributed by atoms with Crippen molar-refractivity contribution in [2.45, 2.75) is 39.7 Å². The highest BCUT2D eigenvalue weighted by Crippen LogP contribution is 2.25. The highest BCUT2D eigenvalue weighted by molar-refractivity contribution is 6.00. The molecule has 7 rings (SSSR count). The summed E-state index contributed by atoms with van der Waals surface area (Å²) in [6.45, 7) is 13.6. The van der Waals surface area contributed by atoms with Gasteiger partial charge in [-0.05, 0) is 67.1 Å². The molecule has 1 aliphatic heterocycles. The molecule has 0 spiro atoms. The van der Waals surface area contributed by atoms with Gasteiger partial charge < -0.3 is 30.0 Å². The summed E-state index contributed by atoms with van der Waals surface area (Å²) in [7, 11) is 0. The number of morpholine rings is 1. The Balaban J connectivity index is 0.000000243. The summed E-state index contributed by atoms with van der Waals surface area (Å²) in [6, 6.07) is 24.7. The second-order valence-corrected chi connectivity index (χ2v) is 14.8. The van der Waals surface area contributed by atoms with Crippen LogP contribution in [0.1, 0.15) is 37.7 Å². The average Bonchev–Trinajstić information content (AvgIpc) is 3.89. The Bertz CT molecular complexity index is 2320. The van der Waals surface area contributed by atoms with E-state index in [1.54, 1.807) is 59.5 Å². The number of pyridine rings is 1. The van der Waals surface area contributed by atoms with Crippen LogP contribution >= 0.6 is 0 Å². The van der Waals surface area contributed by atoms with Crippen LogP contribution in [0.4, 0.5) is 37.0 Å². The third-order valence-electron chi connectivity index (χ3n) is 9.03. The SMILES string of the molecule is CC(C)(C)c1cc(NC(=O)Nc2ccc(O)cc2F)n[nH]1.Cc1cc(Oc2ccc(NC(=O)Nc3ccnn3-c3ccc(COCCN4CCOCC4)cc3)cc2)ccn1. The largest absolute Gasteiger partial charge is 0.508 e. The molecular formula is C43H49FN10O6. The maximum Gasteiger partial charge on any atom is 0.324 e. The van der Waals surface area contributed by atoms with Crippen LogP contribution in [0.3, 0.4) is 0 Å². The zero-order valence-electron chi connectivity index (χ0n) is 33.9. The first-order valence-electron chi connectivity index (χ1n) is 19.3. The van der Waals surface area contributed by atoms with Gasteiger partial charge in [-0.1, -0.05) is 32.9 Å². The fourth-order valence-corrected chi connectivity index (χ4v) is 5.79. The number of carbonyl (C=O) groups excluding carboxylic acids is 2. The first-order valence-corrected chi connectivity index (χ1v) is 19.3. The van der Waals surface area contributed by atoms with Crippen LogP contribution in [0.2, 0.25) is 0 Å². The Labute approximate surface area is 347 Å². The quantitative estimate of drug-likeness (QED) is 0.0520. The van der Waals surface area contributed by atoms with E-state index in [-0.39, 0.29) is 22.9 Å². The number of halogens is 1. The lowest BCUT2D eigenvalue weighted by atomic mass is 9.92. The number of phenolic OH excluding ortho intramolecular Hbond substituents is 1. The van der Waals surface area contributed by atoms with E-state index in [2.05, 4.69) is 46.4 Å². The molecule has 314 valence electrons. The number of anilines is 4. The standard InChI is InChI=1S/C29H32N6O4.C14H17FN4O2/c1-22-20-27(10-12-30-22)39-26-8-4-24(5-9-26)32-29(36)33-28-11-13-31-35(28)25-6-2-23(3-7-25)21-38-19-16-34-14-17-37-18-15-34;1-14(2,3)11-7-12(19-18-11)17-13(21)16-10-5-4-8(20)6-9(10)15/h2-13,20H,14-19,21H2,1H3,(H2,32,33,36);4-7,20H,1-3H3,(H3,16,17,18,19,21). The van der Waals surface area contributed by atoms with Gasteiger partial charge in [0.05, 0.1) is 44.0 Å². The number of hydrogen-bond donors (Lipinski definition) is 6. The predicted octanol–water partition coefficient (Wildman–Crippen LogP) is 8.06. The molecule has 3 aromatic heterocycles. The summed E-state index contributed by atoms with van der Waals surface area (Å²) in [6.07, 6.45) is 3.35. The molecule has 1 saturated heterocycles. The van der Waals surface area contributed by atoms with Crippen LogP contribution in [0.25, 0.3) is 5.69 Å². The summed E-state index contributed by atoms with van der Waals surface area (Å²) in [5, 5.41) is 30.8. The maximum absolute atomic E-state index is 13.5. The zero-order valence-corrected chi connectivity index (χ0v) is 33.9. The van der Waals surface area contributed by atoms with Gasteiger partial charge in [-0.15, -0.1) is 0 Å². The first kappa shape index (κ1) is 42.8. The van der Waals surface area contributed by atoms with Crippen molar-refractivity contribution < 1.29 is 33.3 Å². The highest BCUT2D eigenvalue weighted by Gasteiger charge is 2.18. The van der Waals surface area contributed by atoms with E-state index in [0.29, 0.717) is 42.0 Å². The normalized spacial score (nSPS) is 12.8. The van der Waals surface area contributed by atoms with E-state index in [9.17, 15) is 14.0 Å². The zero-order chi connectivity index (χ0) is 42.5. The molecule has 0 bridgehead atoms. The number of aryl methyl sites for hydroxylation is 1. The topological polar surface area (TPSA) is 193 Å². The lowest BCUT2D eigenvalue weighted by Gasteiger charge is -2.26. The van der Waals surface area contributed by atoms with Crippen LogP contribution < -0.4 is 26.0 Å². The van der Waals surface area contributed by atoms with Crippen LogP contribution in [0.5, 0.6) is 17.2 Å². The third kappa shape index (κ3) is 12.8. The molecule has 16 nitrogen and oxygen atoms in total. The number of carbonyl (C=O) groups is 2. The van der Waals surface area contributed by atoms with Crippen molar-refractivity contribution in [3.05, 3.63) is 126 Å². The molecule has 0 radical (unpaired) electrons. The minimum absolute atomic E-state index is 0.0307. The van der Waals surface area contributed by atoms with Crippen molar-refractivity contribution in [3.63, 3.8) is 0 Å². The number of phenols is 1. The lowest BCUT2D eigenvalue weighted by Crippen LogP contribution is -2.38. The van der Waals surface area contributed by atoms with Crippen molar-refractivity contribution in [1.82, 2.24) is 29.9 Å². The summed E-state index contributed by atoms with van der Waals surface area (Å²) in [4.78, 5) is 31.0. The lowest BCUT2D eigenvalue weighted by molar-refractivity contribution is 0.0180. The fraction of sp³-hybridized carbons (Fsp3) is 0.279. The van der Waals surface area contributed by atoms with E-state index < -0.39 is 11.8 Å². The molecule has 6 aromatic rings. The molecule has 0 aliphatic carbocycles. The van der Waals surface area contributed by atoms with Gasteiger partial charge >= 0.3 is 12.1 Å². The Morgan fingerprint density at radius 1 is 0.867 bits per heavy atom. The third-order valence-corrected chi connectivity index (χ3v) is 9.03. The molecule has 1 fully saturated rings. The van der Waals surface area contributed by atoms with Crippen molar-refractivity contribution in [2.24, 2.45) is 0 Å². The summed E-state index contributed by atoms with van der Waals surface area (Å²) in [5.74, 6) is 1.34. The van der Waals surface area contributed by atoms with E-state index in [1.165, 1.54) is 12.1 Å². The number of aromatic amines is 1. The second kappa shape index (κ2) is 20.2. The maximum atomic E-state index is 13.5. The molecule has 1 aliphatic rings. The highest BCUT2D eigenvalue weighted by atomic mass is 19.1. The summed E-state index contributed by atoms with van der Waals surface area (Å²) >= 11 is 0. The molecule has 60 heavy (non-hydrogen) atoms. The van der Waals surface area contributed by atoms with Gasteiger partial charge in [0.2, 0.25) is 0 Å². The van der Waals surface area contributed by atoms with Gasteiger partial charge in [0, 0.05) is 72.6 Å². The summed E-state index contributed by atoms with van der Waals surface area (Å²) < 4.78 is 32.2. The number of nitrogens with zero attached hydrogens (tertiary/aromatic N) is 5. The van der Waals surface area contributed by atoms with Gasteiger partial charge in [-0.25, -0.2) is 18.7 Å².